The van der Waals surface area contributed by atoms with Crippen LogP contribution in [0.3, 0.4) is 0 Å². The van der Waals surface area contributed by atoms with Crippen LogP contribution in [0.5, 0.6) is 0 Å². The number of esters is 4. The third kappa shape index (κ3) is 78.0. The molecule has 0 bridgehead atoms. The van der Waals surface area contributed by atoms with E-state index in [1.807, 2.05) is 0 Å². The van der Waals surface area contributed by atoms with Crippen molar-refractivity contribution in [2.24, 2.45) is 11.8 Å². The Morgan fingerprint density at radius 2 is 0.447 bits per heavy atom. The third-order valence-corrected chi connectivity index (χ3v) is 21.6. The number of phosphoric acid groups is 2. The van der Waals surface area contributed by atoms with E-state index in [1.54, 1.807) is 0 Å². The summed E-state index contributed by atoms with van der Waals surface area (Å²) >= 11 is 0. The number of aliphatic hydroxyl groups excluding tert-OH is 1. The zero-order valence-corrected chi connectivity index (χ0v) is 69.4. The Labute approximate surface area is 632 Å². The van der Waals surface area contributed by atoms with Gasteiger partial charge in [-0.1, -0.05) is 395 Å². The summed E-state index contributed by atoms with van der Waals surface area (Å²) in [5.74, 6) is -0.501. The smallest absolute Gasteiger partial charge is 0.462 e. The maximum absolute atomic E-state index is 13.1. The molecule has 0 fully saturated rings. The van der Waals surface area contributed by atoms with Gasteiger partial charge in [-0.25, -0.2) is 9.13 Å². The lowest BCUT2D eigenvalue weighted by molar-refractivity contribution is -0.161. The van der Waals surface area contributed by atoms with Crippen molar-refractivity contribution in [2.45, 2.75) is 464 Å². The van der Waals surface area contributed by atoms with Crippen LogP contribution >= 0.6 is 15.6 Å². The summed E-state index contributed by atoms with van der Waals surface area (Å²) in [5, 5.41) is 10.7. The number of aliphatic hydroxyl groups is 1. The minimum Gasteiger partial charge on any atom is -0.462 e. The van der Waals surface area contributed by atoms with Gasteiger partial charge in [-0.3, -0.25) is 37.3 Å². The molecule has 0 saturated heterocycles. The van der Waals surface area contributed by atoms with Crippen LogP contribution in [0.25, 0.3) is 0 Å². The minimum absolute atomic E-state index is 0.108. The van der Waals surface area contributed by atoms with Crippen LogP contribution in [-0.4, -0.2) is 96.7 Å². The Kier molecular flexibility index (Phi) is 74.1. The fourth-order valence-corrected chi connectivity index (χ4v) is 14.6. The van der Waals surface area contributed by atoms with Gasteiger partial charge in [0.25, 0.3) is 0 Å². The van der Waals surface area contributed by atoms with Gasteiger partial charge in [0.15, 0.2) is 12.2 Å². The van der Waals surface area contributed by atoms with Crippen LogP contribution in [0.1, 0.15) is 446 Å². The molecule has 0 rings (SSSR count). The van der Waals surface area contributed by atoms with Gasteiger partial charge in [-0.2, -0.15) is 0 Å². The van der Waals surface area contributed by atoms with Gasteiger partial charge < -0.3 is 33.8 Å². The van der Waals surface area contributed by atoms with Crippen molar-refractivity contribution in [1.29, 1.82) is 0 Å². The highest BCUT2D eigenvalue weighted by Gasteiger charge is 2.30. The normalized spacial score (nSPS) is 13.9. The molecule has 0 aromatic carbocycles. The molecule has 612 valence electrons. The second kappa shape index (κ2) is 75.5. The van der Waals surface area contributed by atoms with Gasteiger partial charge >= 0.3 is 39.5 Å². The highest BCUT2D eigenvalue weighted by molar-refractivity contribution is 7.47. The monoisotopic (exact) mass is 1510 g/mol. The lowest BCUT2D eigenvalue weighted by Crippen LogP contribution is -2.30. The number of hydrogen-bond donors (Lipinski definition) is 3. The highest BCUT2D eigenvalue weighted by Crippen LogP contribution is 2.45. The summed E-state index contributed by atoms with van der Waals surface area (Å²) in [6, 6.07) is 0. The summed E-state index contributed by atoms with van der Waals surface area (Å²) in [7, 11) is -9.93. The van der Waals surface area contributed by atoms with Crippen LogP contribution in [0.2, 0.25) is 0 Å². The standard InChI is InChI=1S/C84H164O17P2/c1-7-9-11-13-15-17-19-21-24-31-38-44-50-56-62-68-83(88)100-79(72-94-81(86)66-60-54-48-42-36-28-20-18-16-14-12-10-8-2)74-98-102(90,91)96-70-78(85)71-97-103(92,93)99-75-80(73-95-82(87)67-61-55-49-43-37-33-27-30-35-41-47-53-59-65-77(5)6)101-84(89)69-63-57-51-45-39-32-26-23-22-25-29-34-40-46-52-58-64-76(3)4/h76-80,85H,7-75H2,1-6H3,(H,90,91)(H,92,93)/t78-,79+,80+/m0/s1. The minimum atomic E-state index is -4.96. The van der Waals surface area contributed by atoms with Crippen molar-refractivity contribution < 1.29 is 80.2 Å². The van der Waals surface area contributed by atoms with Crippen molar-refractivity contribution >= 4 is 39.5 Å². The van der Waals surface area contributed by atoms with E-state index in [9.17, 15) is 43.2 Å². The predicted molar refractivity (Wildman–Crippen MR) is 423 cm³/mol. The molecule has 0 aliphatic carbocycles. The topological polar surface area (TPSA) is 237 Å². The Morgan fingerprint density at radius 3 is 0.660 bits per heavy atom. The van der Waals surface area contributed by atoms with Crippen molar-refractivity contribution in [3.05, 3.63) is 0 Å². The van der Waals surface area contributed by atoms with E-state index >= 15 is 0 Å². The molecule has 103 heavy (non-hydrogen) atoms. The second-order valence-electron chi connectivity index (χ2n) is 31.2. The van der Waals surface area contributed by atoms with Crippen molar-refractivity contribution in [1.82, 2.24) is 0 Å². The highest BCUT2D eigenvalue weighted by atomic mass is 31.2. The van der Waals surface area contributed by atoms with E-state index in [1.165, 1.54) is 263 Å². The first-order valence-corrected chi connectivity index (χ1v) is 46.5. The Balaban J connectivity index is 5.27. The molecule has 0 aromatic heterocycles. The van der Waals surface area contributed by atoms with E-state index in [4.69, 9.17) is 37.0 Å². The molecule has 17 nitrogen and oxygen atoms in total. The van der Waals surface area contributed by atoms with Crippen molar-refractivity contribution in [3.63, 3.8) is 0 Å². The van der Waals surface area contributed by atoms with Crippen molar-refractivity contribution in [2.75, 3.05) is 39.6 Å². The van der Waals surface area contributed by atoms with Gasteiger partial charge in [-0.15, -0.1) is 0 Å². The summed E-state index contributed by atoms with van der Waals surface area (Å²) in [4.78, 5) is 73.2. The molecule has 3 N–H and O–H groups in total. The predicted octanol–water partition coefficient (Wildman–Crippen LogP) is 25.5. The van der Waals surface area contributed by atoms with Gasteiger partial charge in [0, 0.05) is 25.7 Å². The molecule has 0 radical (unpaired) electrons. The molecule has 0 aliphatic rings. The molecular formula is C84H164O17P2. The molecule has 0 heterocycles. The van der Waals surface area contributed by atoms with Crippen LogP contribution in [0, 0.1) is 11.8 Å². The molecular weight excluding hydrogens is 1340 g/mol. The third-order valence-electron chi connectivity index (χ3n) is 19.7. The van der Waals surface area contributed by atoms with Gasteiger partial charge in [0.2, 0.25) is 0 Å². The first-order valence-electron chi connectivity index (χ1n) is 43.5. The van der Waals surface area contributed by atoms with Gasteiger partial charge in [0.05, 0.1) is 26.4 Å². The van der Waals surface area contributed by atoms with E-state index in [-0.39, 0.29) is 25.7 Å². The molecule has 5 atom stereocenters. The Hall–Kier alpha value is -1.94. The summed E-state index contributed by atoms with van der Waals surface area (Å²) < 4.78 is 68.9. The maximum atomic E-state index is 13.1. The number of hydrogen-bond acceptors (Lipinski definition) is 15. The molecule has 0 aromatic rings. The zero-order chi connectivity index (χ0) is 75.6. The number of unbranched alkanes of at least 4 members (excludes halogenated alkanes) is 53. The summed E-state index contributed by atoms with van der Waals surface area (Å²) in [6.07, 6.45) is 66.4. The fourth-order valence-electron chi connectivity index (χ4n) is 13.1. The van der Waals surface area contributed by atoms with E-state index in [0.29, 0.717) is 25.7 Å². The molecule has 0 spiro atoms. The Morgan fingerprint density at radius 1 is 0.262 bits per heavy atom. The number of ether oxygens (including phenoxy) is 4. The molecule has 0 aliphatic heterocycles. The fraction of sp³-hybridized carbons (Fsp3) is 0.952. The molecule has 2 unspecified atom stereocenters. The zero-order valence-electron chi connectivity index (χ0n) is 67.6. The van der Waals surface area contributed by atoms with E-state index in [0.717, 1.165) is 102 Å². The lowest BCUT2D eigenvalue weighted by atomic mass is 10.0. The average molecular weight is 1510 g/mol. The number of phosphoric ester groups is 2. The molecule has 19 heteroatoms. The largest absolute Gasteiger partial charge is 0.472 e. The van der Waals surface area contributed by atoms with Gasteiger partial charge in [-0.05, 0) is 37.5 Å². The van der Waals surface area contributed by atoms with Crippen LogP contribution < -0.4 is 0 Å². The van der Waals surface area contributed by atoms with Crippen LogP contribution in [0.15, 0.2) is 0 Å². The summed E-state index contributed by atoms with van der Waals surface area (Å²) in [6.45, 7) is 9.72. The second-order valence-corrected chi connectivity index (χ2v) is 34.1. The maximum Gasteiger partial charge on any atom is 0.472 e. The van der Waals surface area contributed by atoms with Gasteiger partial charge in [0.1, 0.15) is 19.3 Å². The first-order chi connectivity index (χ1) is 49.9. The van der Waals surface area contributed by atoms with E-state index < -0.39 is 97.5 Å². The Bertz CT molecular complexity index is 1980. The van der Waals surface area contributed by atoms with Crippen LogP contribution in [0.4, 0.5) is 0 Å². The van der Waals surface area contributed by atoms with E-state index in [2.05, 4.69) is 41.5 Å². The number of carbonyl (C=O) groups is 4. The molecule has 0 saturated carbocycles. The lowest BCUT2D eigenvalue weighted by Gasteiger charge is -2.21. The quantitative estimate of drug-likeness (QED) is 0.0222. The average Bonchev–Trinajstić information content (AvgIpc) is 0.918. The van der Waals surface area contributed by atoms with Crippen LogP contribution in [-0.2, 0) is 65.4 Å². The SMILES string of the molecule is CCCCCCCCCCCCCCCCCC(=O)O[C@H](COC(=O)CCCCCCCCCCCCCCC)COP(=O)(O)OC[C@H](O)COP(=O)(O)OC[C@@H](COC(=O)CCCCCCCCCCCCCCCC(C)C)OC(=O)CCCCCCCCCCCCCCCCCCC(C)C. The summed E-state index contributed by atoms with van der Waals surface area (Å²) in [5.41, 5.74) is 0. The number of rotatable bonds is 83. The number of carbonyl (C=O) groups excluding carboxylic acids is 4. The van der Waals surface area contributed by atoms with Crippen molar-refractivity contribution in [3.8, 4) is 0 Å². The molecule has 0 amide bonds. The first kappa shape index (κ1) is 101.